The molecule has 1 unspecified atom stereocenters. The number of aromatic nitrogens is 2. The molecule has 0 saturated heterocycles. The van der Waals surface area contributed by atoms with E-state index in [0.29, 0.717) is 0 Å². The van der Waals surface area contributed by atoms with Crippen LogP contribution in [0.4, 0.5) is 0 Å². The van der Waals surface area contributed by atoms with Crippen molar-refractivity contribution in [1.82, 2.24) is 9.78 Å². The molecule has 4 nitrogen and oxygen atoms in total. The van der Waals surface area contributed by atoms with E-state index in [2.05, 4.69) is 12.0 Å². The molecular formula is C15H21N3O. The molecule has 0 bridgehead atoms. The maximum Gasteiger partial charge on any atom is 0.119 e. The Morgan fingerprint density at radius 2 is 2.16 bits per heavy atom. The predicted octanol–water partition coefficient (Wildman–Crippen LogP) is 2.52. The molecule has 4 heteroatoms. The summed E-state index contributed by atoms with van der Waals surface area (Å²) >= 11 is 0. The van der Waals surface area contributed by atoms with Gasteiger partial charge in [0, 0.05) is 18.3 Å². The summed E-state index contributed by atoms with van der Waals surface area (Å²) in [5.41, 5.74) is 7.94. The van der Waals surface area contributed by atoms with Crippen LogP contribution in [0, 0.1) is 0 Å². The van der Waals surface area contributed by atoms with Crippen LogP contribution in [-0.4, -0.2) is 16.9 Å². The SMILES string of the molecule is CCCn1cc(C(C)(N)c2cccc(OC)c2)cn1. The summed E-state index contributed by atoms with van der Waals surface area (Å²) in [4.78, 5) is 0. The van der Waals surface area contributed by atoms with Gasteiger partial charge in [0.05, 0.1) is 18.8 Å². The summed E-state index contributed by atoms with van der Waals surface area (Å²) in [6.45, 7) is 5.04. The predicted molar refractivity (Wildman–Crippen MR) is 76.2 cm³/mol. The average molecular weight is 259 g/mol. The minimum Gasteiger partial charge on any atom is -0.497 e. The second-order valence-electron chi connectivity index (χ2n) is 4.93. The van der Waals surface area contributed by atoms with Crippen molar-refractivity contribution >= 4 is 0 Å². The summed E-state index contributed by atoms with van der Waals surface area (Å²) in [6, 6.07) is 7.85. The van der Waals surface area contributed by atoms with Gasteiger partial charge >= 0.3 is 0 Å². The van der Waals surface area contributed by atoms with Crippen LogP contribution in [0.5, 0.6) is 5.75 Å². The molecule has 0 fully saturated rings. The second kappa shape index (κ2) is 5.45. The lowest BCUT2D eigenvalue weighted by molar-refractivity contribution is 0.413. The van der Waals surface area contributed by atoms with Crippen molar-refractivity contribution in [3.8, 4) is 5.75 Å². The molecule has 1 heterocycles. The molecule has 0 saturated carbocycles. The summed E-state index contributed by atoms with van der Waals surface area (Å²) in [5, 5.41) is 4.35. The number of rotatable bonds is 5. The van der Waals surface area contributed by atoms with E-state index >= 15 is 0 Å². The van der Waals surface area contributed by atoms with Crippen LogP contribution in [-0.2, 0) is 12.1 Å². The number of aryl methyl sites for hydroxylation is 1. The first-order valence-electron chi connectivity index (χ1n) is 6.54. The highest BCUT2D eigenvalue weighted by Crippen LogP contribution is 2.28. The molecule has 102 valence electrons. The van der Waals surface area contributed by atoms with Gasteiger partial charge in [0.1, 0.15) is 5.75 Å². The van der Waals surface area contributed by atoms with E-state index < -0.39 is 5.54 Å². The number of hydrogen-bond donors (Lipinski definition) is 1. The van der Waals surface area contributed by atoms with E-state index in [9.17, 15) is 0 Å². The molecule has 0 spiro atoms. The Morgan fingerprint density at radius 1 is 1.37 bits per heavy atom. The summed E-state index contributed by atoms with van der Waals surface area (Å²) in [6.07, 6.45) is 4.92. The first kappa shape index (κ1) is 13.6. The Hall–Kier alpha value is -1.81. The maximum atomic E-state index is 6.48. The van der Waals surface area contributed by atoms with E-state index in [-0.39, 0.29) is 0 Å². The highest BCUT2D eigenvalue weighted by atomic mass is 16.5. The fraction of sp³-hybridized carbons (Fsp3) is 0.400. The molecule has 0 amide bonds. The van der Waals surface area contributed by atoms with Crippen molar-refractivity contribution < 1.29 is 4.74 Å². The van der Waals surface area contributed by atoms with E-state index in [1.54, 1.807) is 7.11 Å². The van der Waals surface area contributed by atoms with E-state index in [4.69, 9.17) is 10.5 Å². The van der Waals surface area contributed by atoms with E-state index in [1.165, 1.54) is 0 Å². The van der Waals surface area contributed by atoms with Crippen LogP contribution >= 0.6 is 0 Å². The Kier molecular flexibility index (Phi) is 3.90. The molecule has 1 atom stereocenters. The summed E-state index contributed by atoms with van der Waals surface area (Å²) in [5.74, 6) is 0.815. The molecule has 2 rings (SSSR count). The van der Waals surface area contributed by atoms with Crippen molar-refractivity contribution in [2.24, 2.45) is 5.73 Å². The third-order valence-electron chi connectivity index (χ3n) is 3.36. The lowest BCUT2D eigenvalue weighted by atomic mass is 9.87. The second-order valence-corrected chi connectivity index (χ2v) is 4.93. The van der Waals surface area contributed by atoms with Gasteiger partial charge in [-0.2, -0.15) is 5.10 Å². The monoisotopic (exact) mass is 259 g/mol. The zero-order valence-corrected chi connectivity index (χ0v) is 11.8. The molecule has 1 aromatic heterocycles. The van der Waals surface area contributed by atoms with E-state index in [1.807, 2.05) is 48.3 Å². The van der Waals surface area contributed by atoms with Gasteiger partial charge in [-0.25, -0.2) is 0 Å². The van der Waals surface area contributed by atoms with Gasteiger partial charge in [-0.3, -0.25) is 4.68 Å². The maximum absolute atomic E-state index is 6.48. The van der Waals surface area contributed by atoms with Crippen LogP contribution in [0.25, 0.3) is 0 Å². The normalized spacial score (nSPS) is 14.1. The average Bonchev–Trinajstić information content (AvgIpc) is 2.88. The first-order valence-corrected chi connectivity index (χ1v) is 6.54. The molecule has 19 heavy (non-hydrogen) atoms. The third-order valence-corrected chi connectivity index (χ3v) is 3.36. The fourth-order valence-corrected chi connectivity index (χ4v) is 2.10. The number of nitrogens with zero attached hydrogens (tertiary/aromatic N) is 2. The van der Waals surface area contributed by atoms with Gasteiger partial charge in [-0.15, -0.1) is 0 Å². The van der Waals surface area contributed by atoms with Crippen LogP contribution in [0.3, 0.4) is 0 Å². The van der Waals surface area contributed by atoms with Crippen molar-refractivity contribution in [3.63, 3.8) is 0 Å². The Morgan fingerprint density at radius 3 is 2.84 bits per heavy atom. The lowest BCUT2D eigenvalue weighted by Gasteiger charge is -2.24. The quantitative estimate of drug-likeness (QED) is 0.897. The molecule has 0 aliphatic heterocycles. The first-order chi connectivity index (χ1) is 9.07. The highest BCUT2D eigenvalue weighted by molar-refractivity contribution is 5.39. The summed E-state index contributed by atoms with van der Waals surface area (Å²) < 4.78 is 7.18. The van der Waals surface area contributed by atoms with Crippen molar-refractivity contribution in [1.29, 1.82) is 0 Å². The fourth-order valence-electron chi connectivity index (χ4n) is 2.10. The summed E-state index contributed by atoms with van der Waals surface area (Å²) in [7, 11) is 1.66. The van der Waals surface area contributed by atoms with Gasteiger partial charge in [-0.1, -0.05) is 19.1 Å². The van der Waals surface area contributed by atoms with E-state index in [0.717, 1.165) is 29.8 Å². The van der Waals surface area contributed by atoms with Gasteiger partial charge < -0.3 is 10.5 Å². The van der Waals surface area contributed by atoms with Gasteiger partial charge in [0.2, 0.25) is 0 Å². The molecule has 2 N–H and O–H groups in total. The largest absolute Gasteiger partial charge is 0.497 e. The van der Waals surface area contributed by atoms with Crippen LogP contribution in [0.15, 0.2) is 36.7 Å². The third kappa shape index (κ3) is 2.79. The standard InChI is InChI=1S/C15H21N3O/c1-4-8-18-11-13(10-17-18)15(2,16)12-6-5-7-14(9-12)19-3/h5-7,9-11H,4,8,16H2,1-3H3. The van der Waals surface area contributed by atoms with Crippen molar-refractivity contribution in [2.75, 3.05) is 7.11 Å². The number of hydrogen-bond acceptors (Lipinski definition) is 3. The molecule has 0 aliphatic carbocycles. The number of nitrogens with two attached hydrogens (primary N) is 1. The van der Waals surface area contributed by atoms with Gasteiger partial charge in [0.25, 0.3) is 0 Å². The number of methoxy groups -OCH3 is 1. The zero-order chi connectivity index (χ0) is 13.9. The van der Waals surface area contributed by atoms with Crippen molar-refractivity contribution in [3.05, 3.63) is 47.8 Å². The molecular weight excluding hydrogens is 238 g/mol. The van der Waals surface area contributed by atoms with Crippen LogP contribution in [0.2, 0.25) is 0 Å². The molecule has 0 aliphatic rings. The van der Waals surface area contributed by atoms with Crippen LogP contribution < -0.4 is 10.5 Å². The Bertz CT molecular complexity index is 546. The van der Waals surface area contributed by atoms with Crippen molar-refractivity contribution in [2.45, 2.75) is 32.4 Å². The molecule has 0 radical (unpaired) electrons. The highest BCUT2D eigenvalue weighted by Gasteiger charge is 2.25. The minimum absolute atomic E-state index is 0.569. The number of ether oxygens (including phenoxy) is 1. The zero-order valence-electron chi connectivity index (χ0n) is 11.8. The smallest absolute Gasteiger partial charge is 0.119 e. The molecule has 1 aromatic carbocycles. The molecule has 2 aromatic rings. The minimum atomic E-state index is -0.569. The Labute approximate surface area is 114 Å². The Balaban J connectivity index is 2.33. The lowest BCUT2D eigenvalue weighted by Crippen LogP contribution is -2.33. The van der Waals surface area contributed by atoms with Gasteiger partial charge in [-0.05, 0) is 31.0 Å². The number of benzene rings is 1. The van der Waals surface area contributed by atoms with Crippen LogP contribution in [0.1, 0.15) is 31.4 Å². The van der Waals surface area contributed by atoms with Gasteiger partial charge in [0.15, 0.2) is 0 Å². The topological polar surface area (TPSA) is 53.1 Å².